The van der Waals surface area contributed by atoms with Crippen LogP contribution in [0.3, 0.4) is 0 Å². The van der Waals surface area contributed by atoms with Crippen LogP contribution in [-0.4, -0.2) is 17.2 Å². The lowest BCUT2D eigenvalue weighted by molar-refractivity contribution is -0.115. The van der Waals surface area contributed by atoms with Gasteiger partial charge in [-0.05, 0) is 83.9 Å². The molecule has 2 aromatic rings. The maximum Gasteiger partial charge on any atom is 0.264 e. The molecule has 140 valence electrons. The van der Waals surface area contributed by atoms with Gasteiger partial charge in [0.15, 0.2) is 5.17 Å². The molecule has 0 aromatic heterocycles. The Hall–Kier alpha value is -2.05. The van der Waals surface area contributed by atoms with E-state index in [1.807, 2.05) is 62.4 Å². The first kappa shape index (κ1) is 19.7. The fraction of sp³-hybridized carbons (Fsp3) is 0.238. The molecule has 1 fully saturated rings. The van der Waals surface area contributed by atoms with Crippen LogP contribution < -0.4 is 10.1 Å². The molecule has 1 heterocycles. The summed E-state index contributed by atoms with van der Waals surface area (Å²) in [5, 5.41) is 3.41. The Morgan fingerprint density at radius 1 is 1.26 bits per heavy atom. The third kappa shape index (κ3) is 5.23. The number of amidine groups is 1. The normalized spacial score (nSPS) is 18.0. The summed E-state index contributed by atoms with van der Waals surface area (Å²) in [6.07, 6.45) is 2.95. The van der Waals surface area contributed by atoms with Crippen LogP contribution in [0.4, 0.5) is 5.69 Å². The molecule has 27 heavy (non-hydrogen) atoms. The number of nitrogens with zero attached hydrogens (tertiary/aromatic N) is 1. The van der Waals surface area contributed by atoms with Gasteiger partial charge < -0.3 is 10.1 Å². The maximum absolute atomic E-state index is 12.3. The molecule has 0 radical (unpaired) electrons. The van der Waals surface area contributed by atoms with Crippen molar-refractivity contribution in [1.29, 1.82) is 0 Å². The maximum atomic E-state index is 12.3. The lowest BCUT2D eigenvalue weighted by Crippen LogP contribution is -2.19. The Bertz CT molecular complexity index is 907. The van der Waals surface area contributed by atoms with Gasteiger partial charge in [0.2, 0.25) is 0 Å². The second-order valence-electron chi connectivity index (χ2n) is 6.34. The summed E-state index contributed by atoms with van der Waals surface area (Å²) in [7, 11) is 0. The van der Waals surface area contributed by atoms with Gasteiger partial charge in [0.1, 0.15) is 5.75 Å². The number of aliphatic imine (C=N–C) groups is 1. The van der Waals surface area contributed by atoms with Gasteiger partial charge in [-0.2, -0.15) is 0 Å². The van der Waals surface area contributed by atoms with Crippen LogP contribution in [0.25, 0.3) is 6.08 Å². The van der Waals surface area contributed by atoms with E-state index in [0.717, 1.165) is 27.9 Å². The third-order valence-electron chi connectivity index (χ3n) is 4.07. The van der Waals surface area contributed by atoms with E-state index in [1.54, 1.807) is 0 Å². The first-order valence-corrected chi connectivity index (χ1v) is 10.4. The minimum atomic E-state index is -0.137. The van der Waals surface area contributed by atoms with E-state index >= 15 is 0 Å². The van der Waals surface area contributed by atoms with Crippen molar-refractivity contribution in [3.8, 4) is 5.75 Å². The van der Waals surface area contributed by atoms with E-state index in [1.165, 1.54) is 17.3 Å². The van der Waals surface area contributed by atoms with Gasteiger partial charge in [-0.3, -0.25) is 4.79 Å². The van der Waals surface area contributed by atoms with Gasteiger partial charge in [-0.25, -0.2) is 4.99 Å². The van der Waals surface area contributed by atoms with E-state index in [0.29, 0.717) is 10.1 Å². The number of benzene rings is 2. The minimum absolute atomic E-state index is 0.137. The molecule has 0 spiro atoms. The minimum Gasteiger partial charge on any atom is -0.490 e. The number of thioether (sulfide) groups is 1. The number of hydrogen-bond donors (Lipinski definition) is 1. The van der Waals surface area contributed by atoms with Gasteiger partial charge in [0.25, 0.3) is 5.91 Å². The number of aryl methyl sites for hydroxylation is 1. The average molecular weight is 445 g/mol. The van der Waals surface area contributed by atoms with Crippen LogP contribution in [0, 0.1) is 6.92 Å². The van der Waals surface area contributed by atoms with Gasteiger partial charge in [0.05, 0.1) is 21.2 Å². The Morgan fingerprint density at radius 2 is 2.00 bits per heavy atom. The highest BCUT2D eigenvalue weighted by Crippen LogP contribution is 2.31. The Labute approximate surface area is 172 Å². The zero-order valence-corrected chi connectivity index (χ0v) is 17.9. The summed E-state index contributed by atoms with van der Waals surface area (Å²) < 4.78 is 6.73. The summed E-state index contributed by atoms with van der Waals surface area (Å²) in [5.74, 6) is 0.665. The van der Waals surface area contributed by atoms with E-state index in [2.05, 4.69) is 33.2 Å². The highest BCUT2D eigenvalue weighted by molar-refractivity contribution is 9.10. The molecule has 4 nitrogen and oxygen atoms in total. The van der Waals surface area contributed by atoms with E-state index in [9.17, 15) is 4.79 Å². The monoisotopic (exact) mass is 444 g/mol. The Balaban J connectivity index is 1.76. The number of halogens is 1. The van der Waals surface area contributed by atoms with Gasteiger partial charge >= 0.3 is 0 Å². The quantitative estimate of drug-likeness (QED) is 0.590. The number of nitrogens with one attached hydrogen (secondary N) is 1. The number of ether oxygens (including phenoxy) is 1. The standard InChI is InChI=1S/C21H21BrN2O2S/c1-4-14(3)26-18-10-7-15(11-17(18)22)12-19-20(25)24-21(27-19)23-16-8-5-13(2)6-9-16/h5-12,14H,4H2,1-3H3,(H,23,24,25)/b19-12+/t14-/m1/s1. The van der Waals surface area contributed by atoms with E-state index in [-0.39, 0.29) is 12.0 Å². The molecular formula is C21H21BrN2O2S. The molecule has 0 bridgehead atoms. The molecule has 2 aromatic carbocycles. The lowest BCUT2D eigenvalue weighted by atomic mass is 10.2. The average Bonchev–Trinajstić information content (AvgIpc) is 2.98. The fourth-order valence-electron chi connectivity index (χ4n) is 2.37. The highest BCUT2D eigenvalue weighted by atomic mass is 79.9. The topological polar surface area (TPSA) is 50.7 Å². The molecule has 3 rings (SSSR count). The predicted octanol–water partition coefficient (Wildman–Crippen LogP) is 5.83. The molecule has 0 unspecified atom stereocenters. The van der Waals surface area contributed by atoms with Crippen molar-refractivity contribution in [2.24, 2.45) is 4.99 Å². The summed E-state index contributed by atoms with van der Waals surface area (Å²) in [4.78, 5) is 17.4. The summed E-state index contributed by atoms with van der Waals surface area (Å²) in [6.45, 7) is 6.15. The number of rotatable bonds is 5. The van der Waals surface area contributed by atoms with E-state index < -0.39 is 0 Å². The van der Waals surface area contributed by atoms with E-state index in [4.69, 9.17) is 4.74 Å². The van der Waals surface area contributed by atoms with Crippen molar-refractivity contribution >= 4 is 50.5 Å². The number of hydrogen-bond acceptors (Lipinski definition) is 4. The van der Waals surface area contributed by atoms with Gasteiger partial charge in [0, 0.05) is 0 Å². The Morgan fingerprint density at radius 3 is 2.67 bits per heavy atom. The van der Waals surface area contributed by atoms with Crippen molar-refractivity contribution in [2.45, 2.75) is 33.3 Å². The number of carbonyl (C=O) groups is 1. The third-order valence-corrected chi connectivity index (χ3v) is 5.60. The van der Waals surface area contributed by atoms with Crippen molar-refractivity contribution in [1.82, 2.24) is 5.32 Å². The molecule has 1 aliphatic rings. The molecular weight excluding hydrogens is 424 g/mol. The van der Waals surface area contributed by atoms with Crippen molar-refractivity contribution in [3.63, 3.8) is 0 Å². The SMILES string of the molecule is CC[C@@H](C)Oc1ccc(/C=C2/SC(=Nc3ccc(C)cc3)NC2=O)cc1Br. The van der Waals surface area contributed by atoms with Crippen molar-refractivity contribution in [2.75, 3.05) is 0 Å². The summed E-state index contributed by atoms with van der Waals surface area (Å²) in [6, 6.07) is 13.7. The Kier molecular flexibility index (Phi) is 6.39. The van der Waals surface area contributed by atoms with Crippen molar-refractivity contribution in [3.05, 3.63) is 63.0 Å². The number of carbonyl (C=O) groups excluding carboxylic acids is 1. The summed E-state index contributed by atoms with van der Waals surface area (Å²) in [5.41, 5.74) is 2.92. The smallest absolute Gasteiger partial charge is 0.264 e. The van der Waals surface area contributed by atoms with Gasteiger partial charge in [-0.15, -0.1) is 0 Å². The van der Waals surface area contributed by atoms with Crippen molar-refractivity contribution < 1.29 is 9.53 Å². The predicted molar refractivity (Wildman–Crippen MR) is 117 cm³/mol. The zero-order chi connectivity index (χ0) is 19.4. The largest absolute Gasteiger partial charge is 0.490 e. The molecule has 1 N–H and O–H groups in total. The molecule has 1 aliphatic heterocycles. The summed E-state index contributed by atoms with van der Waals surface area (Å²) >= 11 is 4.89. The van der Waals surface area contributed by atoms with Crippen LogP contribution in [0.5, 0.6) is 5.75 Å². The second-order valence-corrected chi connectivity index (χ2v) is 8.23. The molecule has 0 saturated carbocycles. The fourth-order valence-corrected chi connectivity index (χ4v) is 3.70. The van der Waals surface area contributed by atoms with Crippen LogP contribution in [0.15, 0.2) is 56.8 Å². The molecule has 1 saturated heterocycles. The zero-order valence-electron chi connectivity index (χ0n) is 15.5. The lowest BCUT2D eigenvalue weighted by Gasteiger charge is -2.14. The number of amides is 1. The first-order valence-electron chi connectivity index (χ1n) is 8.77. The molecule has 0 aliphatic carbocycles. The first-order chi connectivity index (χ1) is 12.9. The van der Waals surface area contributed by atoms with Gasteiger partial charge in [-0.1, -0.05) is 30.7 Å². The molecule has 1 amide bonds. The van der Waals surface area contributed by atoms with Crippen LogP contribution in [0.1, 0.15) is 31.4 Å². The van der Waals surface area contributed by atoms with Crippen LogP contribution in [-0.2, 0) is 4.79 Å². The molecule has 1 atom stereocenters. The highest BCUT2D eigenvalue weighted by Gasteiger charge is 2.23. The second kappa shape index (κ2) is 8.76. The van der Waals surface area contributed by atoms with Crippen LogP contribution in [0.2, 0.25) is 0 Å². The molecule has 6 heteroatoms. The van der Waals surface area contributed by atoms with Crippen LogP contribution >= 0.6 is 27.7 Å².